The third-order valence-electron chi connectivity index (χ3n) is 3.30. The van der Waals surface area contributed by atoms with Crippen molar-refractivity contribution in [3.63, 3.8) is 0 Å². The van der Waals surface area contributed by atoms with Crippen LogP contribution in [0.15, 0.2) is 40.7 Å². The van der Waals surface area contributed by atoms with E-state index < -0.39 is 11.9 Å². The Morgan fingerprint density at radius 3 is 2.43 bits per heavy atom. The van der Waals surface area contributed by atoms with Gasteiger partial charge in [0.25, 0.3) is 5.91 Å². The summed E-state index contributed by atoms with van der Waals surface area (Å²) in [4.78, 5) is 19.7. The Bertz CT molecular complexity index is 768. The van der Waals surface area contributed by atoms with Crippen LogP contribution in [0.5, 0.6) is 0 Å². The molecule has 0 bridgehead atoms. The number of carbonyl (C=O) groups excluding carboxylic acids is 1. The van der Waals surface area contributed by atoms with Crippen LogP contribution < -0.4 is 16.0 Å². The maximum absolute atomic E-state index is 12.6. The zero-order valence-corrected chi connectivity index (χ0v) is 18.2. The van der Waals surface area contributed by atoms with Crippen LogP contribution in [-0.2, 0) is 12.7 Å². The first-order valence-electron chi connectivity index (χ1n) is 8.27. The summed E-state index contributed by atoms with van der Waals surface area (Å²) in [5, 5.41) is 10.0. The van der Waals surface area contributed by atoms with Gasteiger partial charge < -0.3 is 16.0 Å². The Labute approximate surface area is 182 Å². The van der Waals surface area contributed by atoms with Crippen molar-refractivity contribution in [1.82, 2.24) is 20.9 Å². The molecule has 1 aromatic carbocycles. The van der Waals surface area contributed by atoms with Gasteiger partial charge in [0.1, 0.15) is 5.01 Å². The SMILES string of the molecule is CCNC(=NCc1nc(C(F)(F)F)cs1)NCCNC(=O)c1ccccc1.I. The molecule has 6 nitrogen and oxygen atoms in total. The molecule has 0 unspecified atom stereocenters. The number of hydrogen-bond donors (Lipinski definition) is 3. The van der Waals surface area contributed by atoms with Gasteiger partial charge in [-0.05, 0) is 19.1 Å². The molecule has 0 aliphatic rings. The van der Waals surface area contributed by atoms with Crippen molar-refractivity contribution in [1.29, 1.82) is 0 Å². The minimum absolute atomic E-state index is 0. The number of aliphatic imine (C=N–C) groups is 1. The van der Waals surface area contributed by atoms with Crippen LogP contribution in [-0.4, -0.2) is 36.5 Å². The summed E-state index contributed by atoms with van der Waals surface area (Å²) in [6.45, 7) is 3.28. The lowest BCUT2D eigenvalue weighted by Crippen LogP contribution is -2.41. The van der Waals surface area contributed by atoms with Gasteiger partial charge in [0, 0.05) is 30.6 Å². The second-order valence-corrected chi connectivity index (χ2v) is 6.31. The molecule has 0 aliphatic carbocycles. The minimum atomic E-state index is -4.45. The largest absolute Gasteiger partial charge is 0.434 e. The van der Waals surface area contributed by atoms with Crippen LogP contribution in [0.3, 0.4) is 0 Å². The molecule has 0 saturated heterocycles. The molecule has 2 aromatic rings. The Morgan fingerprint density at radius 2 is 1.82 bits per heavy atom. The molecular formula is C17H21F3IN5OS. The minimum Gasteiger partial charge on any atom is -0.357 e. The number of rotatable bonds is 7. The predicted molar refractivity (Wildman–Crippen MR) is 114 cm³/mol. The lowest BCUT2D eigenvalue weighted by molar-refractivity contribution is -0.140. The highest BCUT2D eigenvalue weighted by atomic mass is 127. The number of thiazole rings is 1. The molecular weight excluding hydrogens is 506 g/mol. The summed E-state index contributed by atoms with van der Waals surface area (Å²) in [6.07, 6.45) is -4.45. The van der Waals surface area contributed by atoms with E-state index in [4.69, 9.17) is 0 Å². The van der Waals surface area contributed by atoms with E-state index in [0.717, 1.165) is 16.7 Å². The number of aromatic nitrogens is 1. The molecule has 3 N–H and O–H groups in total. The summed E-state index contributed by atoms with van der Waals surface area (Å²) < 4.78 is 37.7. The summed E-state index contributed by atoms with van der Waals surface area (Å²) in [5.41, 5.74) is -0.332. The number of guanidine groups is 1. The summed E-state index contributed by atoms with van der Waals surface area (Å²) in [7, 11) is 0. The van der Waals surface area contributed by atoms with Gasteiger partial charge in [-0.1, -0.05) is 18.2 Å². The van der Waals surface area contributed by atoms with Crippen molar-refractivity contribution in [3.05, 3.63) is 52.0 Å². The van der Waals surface area contributed by atoms with Gasteiger partial charge in [-0.2, -0.15) is 13.2 Å². The number of hydrogen-bond acceptors (Lipinski definition) is 4. The van der Waals surface area contributed by atoms with Gasteiger partial charge in [-0.3, -0.25) is 4.79 Å². The van der Waals surface area contributed by atoms with Crippen molar-refractivity contribution in [2.24, 2.45) is 4.99 Å². The van der Waals surface area contributed by atoms with Gasteiger partial charge in [0.2, 0.25) is 0 Å². The van der Waals surface area contributed by atoms with Gasteiger partial charge in [0.15, 0.2) is 11.7 Å². The lowest BCUT2D eigenvalue weighted by atomic mass is 10.2. The van der Waals surface area contributed by atoms with E-state index in [9.17, 15) is 18.0 Å². The molecule has 0 aliphatic heterocycles. The summed E-state index contributed by atoms with van der Waals surface area (Å²) in [5.74, 6) is 0.261. The van der Waals surface area contributed by atoms with Crippen LogP contribution in [0, 0.1) is 0 Å². The molecule has 28 heavy (non-hydrogen) atoms. The Balaban J connectivity index is 0.00000392. The fraction of sp³-hybridized carbons (Fsp3) is 0.353. The molecule has 0 radical (unpaired) electrons. The average molecular weight is 527 g/mol. The quantitative estimate of drug-likeness (QED) is 0.224. The normalized spacial score (nSPS) is 11.5. The van der Waals surface area contributed by atoms with Crippen LogP contribution in [0.1, 0.15) is 28.0 Å². The van der Waals surface area contributed by atoms with Crippen molar-refractivity contribution >= 4 is 47.2 Å². The van der Waals surface area contributed by atoms with Gasteiger partial charge >= 0.3 is 6.18 Å². The average Bonchev–Trinajstić information content (AvgIpc) is 3.13. The summed E-state index contributed by atoms with van der Waals surface area (Å²) in [6, 6.07) is 8.84. The third-order valence-corrected chi connectivity index (χ3v) is 4.13. The lowest BCUT2D eigenvalue weighted by Gasteiger charge is -2.11. The predicted octanol–water partition coefficient (Wildman–Crippen LogP) is 3.27. The summed E-state index contributed by atoms with van der Waals surface area (Å²) >= 11 is 0.916. The molecule has 0 spiro atoms. The number of carbonyl (C=O) groups is 1. The molecule has 1 aromatic heterocycles. The molecule has 0 fully saturated rings. The molecule has 2 rings (SSSR count). The van der Waals surface area contributed by atoms with Crippen molar-refractivity contribution in [2.45, 2.75) is 19.6 Å². The second kappa shape index (κ2) is 11.8. The van der Waals surface area contributed by atoms with Crippen LogP contribution in [0.4, 0.5) is 13.2 Å². The number of nitrogens with zero attached hydrogens (tertiary/aromatic N) is 2. The van der Waals surface area contributed by atoms with E-state index in [2.05, 4.69) is 25.9 Å². The first-order chi connectivity index (χ1) is 12.9. The van der Waals surface area contributed by atoms with E-state index in [1.54, 1.807) is 24.3 Å². The smallest absolute Gasteiger partial charge is 0.357 e. The first kappa shape index (κ1) is 24.1. The molecule has 11 heteroatoms. The van der Waals surface area contributed by atoms with Gasteiger partial charge in [-0.25, -0.2) is 9.98 Å². The molecule has 1 amide bonds. The second-order valence-electron chi connectivity index (χ2n) is 5.37. The van der Waals surface area contributed by atoms with Gasteiger partial charge in [-0.15, -0.1) is 35.3 Å². The monoisotopic (exact) mass is 527 g/mol. The first-order valence-corrected chi connectivity index (χ1v) is 9.15. The van der Waals surface area contributed by atoms with Crippen LogP contribution in [0.2, 0.25) is 0 Å². The fourth-order valence-electron chi connectivity index (χ4n) is 2.05. The van der Waals surface area contributed by atoms with Crippen molar-refractivity contribution < 1.29 is 18.0 Å². The molecule has 1 heterocycles. The Kier molecular flexibility index (Phi) is 10.2. The third kappa shape index (κ3) is 8.00. The van der Waals surface area contributed by atoms with E-state index in [1.807, 2.05) is 13.0 Å². The van der Waals surface area contributed by atoms with E-state index in [0.29, 0.717) is 31.2 Å². The van der Waals surface area contributed by atoms with E-state index >= 15 is 0 Å². The Morgan fingerprint density at radius 1 is 1.14 bits per heavy atom. The van der Waals surface area contributed by atoms with Gasteiger partial charge in [0.05, 0.1) is 6.54 Å². The molecule has 0 saturated carbocycles. The zero-order valence-electron chi connectivity index (χ0n) is 15.0. The van der Waals surface area contributed by atoms with E-state index in [-0.39, 0.29) is 41.4 Å². The van der Waals surface area contributed by atoms with Crippen LogP contribution >= 0.6 is 35.3 Å². The van der Waals surface area contributed by atoms with Crippen LogP contribution in [0.25, 0.3) is 0 Å². The number of alkyl halides is 3. The zero-order chi connectivity index (χ0) is 19.7. The van der Waals surface area contributed by atoms with Crippen molar-refractivity contribution in [2.75, 3.05) is 19.6 Å². The number of amides is 1. The maximum Gasteiger partial charge on any atom is 0.434 e. The fourth-order valence-corrected chi connectivity index (χ4v) is 2.77. The van der Waals surface area contributed by atoms with Crippen molar-refractivity contribution in [3.8, 4) is 0 Å². The maximum atomic E-state index is 12.6. The molecule has 154 valence electrons. The topological polar surface area (TPSA) is 78.4 Å². The highest BCUT2D eigenvalue weighted by Crippen LogP contribution is 2.30. The number of halogens is 4. The Hall–Kier alpha value is -1.89. The number of nitrogens with one attached hydrogen (secondary N) is 3. The number of benzene rings is 1. The standard InChI is InChI=1S/C17H20F3N5OS.HI/c1-2-21-16(24-10-14-25-13(11-27-14)17(18,19)20)23-9-8-22-15(26)12-6-4-3-5-7-12;/h3-7,11H,2,8-10H2,1H3,(H,22,26)(H2,21,23,24);1H. The highest BCUT2D eigenvalue weighted by Gasteiger charge is 2.33. The van der Waals surface area contributed by atoms with E-state index in [1.165, 1.54) is 0 Å². The highest BCUT2D eigenvalue weighted by molar-refractivity contribution is 14.0. The molecule has 0 atom stereocenters.